The third kappa shape index (κ3) is 3.50. The maximum atomic E-state index is 13.2. The van der Waals surface area contributed by atoms with Gasteiger partial charge in [0.25, 0.3) is 5.91 Å². The maximum absolute atomic E-state index is 13.2. The van der Waals surface area contributed by atoms with Crippen LogP contribution >= 0.6 is 27.5 Å². The number of carbonyl (C=O) groups excluding carboxylic acids is 2. The van der Waals surface area contributed by atoms with Crippen LogP contribution in [0.4, 0.5) is 5.69 Å². The van der Waals surface area contributed by atoms with E-state index in [0.717, 1.165) is 11.1 Å². The van der Waals surface area contributed by atoms with Gasteiger partial charge < -0.3 is 14.6 Å². The highest BCUT2D eigenvalue weighted by atomic mass is 79.9. The van der Waals surface area contributed by atoms with Crippen LogP contribution in [0.1, 0.15) is 27.7 Å². The summed E-state index contributed by atoms with van der Waals surface area (Å²) in [5.41, 5.74) is 2.25. The first-order valence-corrected chi connectivity index (χ1v) is 9.40. The average Bonchev–Trinajstić information content (AvgIpc) is 3.03. The summed E-state index contributed by atoms with van der Waals surface area (Å²) < 4.78 is 5.89. The predicted molar refractivity (Wildman–Crippen MR) is 106 cm³/mol. The average molecular weight is 446 g/mol. The summed E-state index contributed by atoms with van der Waals surface area (Å²) in [5.74, 6) is -0.505. The molecule has 1 aromatic heterocycles. The zero-order valence-corrected chi connectivity index (χ0v) is 16.3. The van der Waals surface area contributed by atoms with Crippen molar-refractivity contribution in [2.24, 2.45) is 0 Å². The summed E-state index contributed by atoms with van der Waals surface area (Å²) in [6, 6.07) is 17.5. The molecule has 2 heterocycles. The number of rotatable bonds is 2. The largest absolute Gasteiger partial charge is 0.444 e. The number of fused-ring (bicyclic) bond motifs is 1. The summed E-state index contributed by atoms with van der Waals surface area (Å²) in [6.07, 6.45) is 0. The Hall–Kier alpha value is -2.57. The minimum absolute atomic E-state index is 0.108. The van der Waals surface area contributed by atoms with Crippen LogP contribution in [-0.2, 0) is 4.79 Å². The van der Waals surface area contributed by atoms with Gasteiger partial charge in [0.2, 0.25) is 5.91 Å². The number of benzene rings is 2. The molecule has 2 amide bonds. The molecule has 27 heavy (non-hydrogen) atoms. The molecular weight excluding hydrogens is 432 g/mol. The Morgan fingerprint density at radius 3 is 2.63 bits per heavy atom. The Bertz CT molecular complexity index is 1020. The molecule has 0 fully saturated rings. The van der Waals surface area contributed by atoms with Gasteiger partial charge in [-0.2, -0.15) is 0 Å². The lowest BCUT2D eigenvalue weighted by atomic mass is 9.95. The molecule has 0 radical (unpaired) electrons. The fraction of sp³-hybridized carbons (Fsp3) is 0.100. The predicted octanol–water partition coefficient (Wildman–Crippen LogP) is 4.88. The van der Waals surface area contributed by atoms with Crippen molar-refractivity contribution in [3.8, 4) is 0 Å². The van der Waals surface area contributed by atoms with E-state index in [9.17, 15) is 9.59 Å². The minimum atomic E-state index is -0.491. The molecular formula is C20H14BrClN2O3. The third-order valence-electron chi connectivity index (χ3n) is 4.37. The van der Waals surface area contributed by atoms with Gasteiger partial charge in [0.15, 0.2) is 10.4 Å². The van der Waals surface area contributed by atoms with E-state index in [0.29, 0.717) is 15.4 Å². The molecule has 5 nitrogen and oxygen atoms in total. The number of furan rings is 1. The molecule has 0 spiro atoms. The molecule has 0 saturated carbocycles. The minimum Gasteiger partial charge on any atom is -0.444 e. The van der Waals surface area contributed by atoms with Gasteiger partial charge in [-0.25, -0.2) is 0 Å². The van der Waals surface area contributed by atoms with E-state index < -0.39 is 6.04 Å². The van der Waals surface area contributed by atoms with E-state index in [-0.39, 0.29) is 24.1 Å². The molecule has 0 bridgehead atoms. The van der Waals surface area contributed by atoms with Crippen LogP contribution in [0.3, 0.4) is 0 Å². The number of hydrogen-bond acceptors (Lipinski definition) is 3. The molecule has 136 valence electrons. The molecule has 0 saturated heterocycles. The zero-order valence-electron chi connectivity index (χ0n) is 14.0. The summed E-state index contributed by atoms with van der Waals surface area (Å²) in [4.78, 5) is 27.2. The second kappa shape index (κ2) is 7.21. The van der Waals surface area contributed by atoms with E-state index in [1.165, 1.54) is 4.90 Å². The van der Waals surface area contributed by atoms with Crippen molar-refractivity contribution in [1.82, 2.24) is 4.90 Å². The molecule has 7 heteroatoms. The quantitative estimate of drug-likeness (QED) is 0.611. The smallest absolute Gasteiger partial charge is 0.290 e. The first kappa shape index (κ1) is 17.8. The fourth-order valence-electron chi connectivity index (χ4n) is 3.23. The van der Waals surface area contributed by atoms with Crippen molar-refractivity contribution in [2.75, 3.05) is 11.9 Å². The lowest BCUT2D eigenvalue weighted by Crippen LogP contribution is -2.38. The Labute approximate surface area is 169 Å². The molecule has 0 unspecified atom stereocenters. The monoisotopic (exact) mass is 444 g/mol. The third-order valence-corrected chi connectivity index (χ3v) is 5.03. The number of halogens is 2. The number of hydrogen-bond donors (Lipinski definition) is 1. The normalized spacial score (nSPS) is 16.4. The lowest BCUT2D eigenvalue weighted by molar-refractivity contribution is -0.117. The lowest BCUT2D eigenvalue weighted by Gasteiger charge is -2.30. The number of nitrogens with one attached hydrogen (secondary N) is 1. The Balaban J connectivity index is 1.89. The second-order valence-corrected chi connectivity index (χ2v) is 7.35. The van der Waals surface area contributed by atoms with E-state index in [1.54, 1.807) is 30.3 Å². The van der Waals surface area contributed by atoms with Gasteiger partial charge in [-0.3, -0.25) is 9.59 Å². The highest BCUT2D eigenvalue weighted by molar-refractivity contribution is 9.10. The number of nitrogens with zero attached hydrogens (tertiary/aromatic N) is 1. The Morgan fingerprint density at radius 1 is 1.15 bits per heavy atom. The van der Waals surface area contributed by atoms with Gasteiger partial charge >= 0.3 is 0 Å². The summed E-state index contributed by atoms with van der Waals surface area (Å²) in [5, 5.41) is 3.39. The van der Waals surface area contributed by atoms with Crippen molar-refractivity contribution >= 4 is 45.0 Å². The Kier molecular flexibility index (Phi) is 4.76. The molecule has 2 aromatic carbocycles. The van der Waals surface area contributed by atoms with Gasteiger partial charge in [0, 0.05) is 16.3 Å². The molecule has 0 aliphatic carbocycles. The number of anilines is 1. The van der Waals surface area contributed by atoms with Crippen LogP contribution in [-0.4, -0.2) is 23.3 Å². The summed E-state index contributed by atoms with van der Waals surface area (Å²) in [7, 11) is 0. The molecule has 1 aliphatic heterocycles. The zero-order chi connectivity index (χ0) is 19.0. The van der Waals surface area contributed by atoms with Crippen LogP contribution in [0.15, 0.2) is 69.8 Å². The molecule has 1 aliphatic rings. The van der Waals surface area contributed by atoms with Crippen molar-refractivity contribution < 1.29 is 14.0 Å². The van der Waals surface area contributed by atoms with Gasteiger partial charge in [0.1, 0.15) is 6.54 Å². The van der Waals surface area contributed by atoms with Crippen LogP contribution < -0.4 is 5.32 Å². The fourth-order valence-corrected chi connectivity index (χ4v) is 3.72. The van der Waals surface area contributed by atoms with Crippen molar-refractivity contribution in [1.29, 1.82) is 0 Å². The summed E-state index contributed by atoms with van der Waals surface area (Å²) >= 11 is 9.44. The van der Waals surface area contributed by atoms with Gasteiger partial charge in [-0.05, 0) is 51.8 Å². The first-order chi connectivity index (χ1) is 13.0. The van der Waals surface area contributed by atoms with Crippen molar-refractivity contribution in [3.63, 3.8) is 0 Å². The van der Waals surface area contributed by atoms with Crippen LogP contribution in [0.2, 0.25) is 5.02 Å². The van der Waals surface area contributed by atoms with E-state index in [1.807, 2.05) is 30.3 Å². The van der Waals surface area contributed by atoms with Gasteiger partial charge in [-0.1, -0.05) is 41.9 Å². The van der Waals surface area contributed by atoms with Crippen LogP contribution in [0.5, 0.6) is 0 Å². The topological polar surface area (TPSA) is 62.6 Å². The molecule has 1 atom stereocenters. The first-order valence-electron chi connectivity index (χ1n) is 8.23. The summed E-state index contributed by atoms with van der Waals surface area (Å²) in [6.45, 7) is -0.108. The highest BCUT2D eigenvalue weighted by Crippen LogP contribution is 2.38. The maximum Gasteiger partial charge on any atom is 0.290 e. The van der Waals surface area contributed by atoms with Crippen molar-refractivity contribution in [3.05, 3.63) is 87.2 Å². The van der Waals surface area contributed by atoms with Gasteiger partial charge in [-0.15, -0.1) is 0 Å². The van der Waals surface area contributed by atoms with E-state index >= 15 is 0 Å². The molecule has 1 N–H and O–H groups in total. The van der Waals surface area contributed by atoms with E-state index in [2.05, 4.69) is 21.2 Å². The highest BCUT2D eigenvalue weighted by Gasteiger charge is 2.35. The number of carbonyl (C=O) groups is 2. The second-order valence-electron chi connectivity index (χ2n) is 6.13. The SMILES string of the molecule is O=C1CN(C(=O)c2ccc(Br)o2)[C@H](c2ccccc2)c2cc(Cl)ccc2N1. The van der Waals surface area contributed by atoms with Crippen molar-refractivity contribution in [2.45, 2.75) is 6.04 Å². The van der Waals surface area contributed by atoms with E-state index in [4.69, 9.17) is 16.0 Å². The standard InChI is InChI=1S/C20H14BrClN2O3/c21-17-9-8-16(27-17)20(26)24-11-18(25)23-15-7-6-13(22)10-14(15)19(24)12-4-2-1-3-5-12/h1-10,19H,11H2,(H,23,25)/t19-/m1/s1. The van der Waals surface area contributed by atoms with Crippen LogP contribution in [0.25, 0.3) is 0 Å². The Morgan fingerprint density at radius 2 is 1.93 bits per heavy atom. The van der Waals surface area contributed by atoms with Crippen LogP contribution in [0, 0.1) is 0 Å². The number of amides is 2. The molecule has 4 rings (SSSR count). The molecule has 3 aromatic rings. The van der Waals surface area contributed by atoms with Gasteiger partial charge in [0.05, 0.1) is 6.04 Å².